The fourth-order valence-electron chi connectivity index (χ4n) is 1.74. The van der Waals surface area contributed by atoms with Gasteiger partial charge in [-0.2, -0.15) is 0 Å². The van der Waals surface area contributed by atoms with Crippen molar-refractivity contribution in [2.45, 2.75) is 19.9 Å². The maximum atomic E-state index is 12.0. The number of nitrogens with zero attached hydrogens (tertiary/aromatic N) is 1. The number of aromatic nitrogens is 1. The van der Waals surface area contributed by atoms with Gasteiger partial charge in [-0.3, -0.25) is 9.78 Å². The van der Waals surface area contributed by atoms with E-state index in [1.54, 1.807) is 43.6 Å². The highest BCUT2D eigenvalue weighted by Crippen LogP contribution is 2.25. The smallest absolute Gasteiger partial charge is 0.251 e. The molecule has 110 valence electrons. The Morgan fingerprint density at radius 2 is 2.05 bits per heavy atom. The van der Waals surface area contributed by atoms with Crippen molar-refractivity contribution in [3.63, 3.8) is 0 Å². The lowest BCUT2D eigenvalue weighted by molar-refractivity contribution is 0.0922. The van der Waals surface area contributed by atoms with Crippen LogP contribution in [-0.4, -0.2) is 28.6 Å². The summed E-state index contributed by atoms with van der Waals surface area (Å²) in [5, 5.41) is 11.7. The number of nitrogens with one attached hydrogen (secondary N) is 1. The highest BCUT2D eigenvalue weighted by atomic mass is 16.5. The molecule has 0 aliphatic heterocycles. The molecule has 1 amide bonds. The minimum Gasteiger partial charge on any atom is -0.457 e. The molecule has 0 bridgehead atoms. The van der Waals surface area contributed by atoms with Crippen molar-refractivity contribution in [1.82, 2.24) is 10.3 Å². The van der Waals surface area contributed by atoms with Crippen LogP contribution in [-0.2, 0) is 0 Å². The third-order valence-corrected chi connectivity index (χ3v) is 2.98. The van der Waals surface area contributed by atoms with Gasteiger partial charge in [-0.15, -0.1) is 0 Å². The Hall–Kier alpha value is -2.40. The van der Waals surface area contributed by atoms with E-state index in [2.05, 4.69) is 10.3 Å². The maximum absolute atomic E-state index is 12.0. The topological polar surface area (TPSA) is 71.5 Å². The third kappa shape index (κ3) is 4.03. The van der Waals surface area contributed by atoms with Crippen molar-refractivity contribution < 1.29 is 14.6 Å². The third-order valence-electron chi connectivity index (χ3n) is 2.98. The molecule has 2 rings (SSSR count). The second kappa shape index (κ2) is 6.85. The summed E-state index contributed by atoms with van der Waals surface area (Å²) in [5.41, 5.74) is 1.42. The summed E-state index contributed by atoms with van der Waals surface area (Å²) < 4.78 is 5.76. The molecule has 0 saturated carbocycles. The molecule has 5 heteroatoms. The fraction of sp³-hybridized carbons (Fsp3) is 0.250. The van der Waals surface area contributed by atoms with Crippen LogP contribution in [0.4, 0.5) is 0 Å². The van der Waals surface area contributed by atoms with Gasteiger partial charge in [-0.25, -0.2) is 0 Å². The zero-order valence-electron chi connectivity index (χ0n) is 12.0. The second-order valence-corrected chi connectivity index (χ2v) is 4.82. The van der Waals surface area contributed by atoms with Crippen LogP contribution in [0.2, 0.25) is 0 Å². The number of pyridine rings is 1. The first-order valence-electron chi connectivity index (χ1n) is 6.70. The van der Waals surface area contributed by atoms with Crippen LogP contribution in [0, 0.1) is 6.92 Å². The van der Waals surface area contributed by atoms with Gasteiger partial charge in [0.05, 0.1) is 6.61 Å². The lowest BCUT2D eigenvalue weighted by atomic mass is 10.1. The Kier molecular flexibility index (Phi) is 4.90. The minimum atomic E-state index is -0.289. The van der Waals surface area contributed by atoms with E-state index in [4.69, 9.17) is 9.84 Å². The number of carbonyl (C=O) groups is 1. The summed E-state index contributed by atoms with van der Waals surface area (Å²) in [4.78, 5) is 16.0. The molecule has 21 heavy (non-hydrogen) atoms. The Morgan fingerprint density at radius 3 is 2.71 bits per heavy atom. The molecule has 1 heterocycles. The van der Waals surface area contributed by atoms with Gasteiger partial charge in [0.1, 0.15) is 11.5 Å². The van der Waals surface area contributed by atoms with Crippen LogP contribution in [0.3, 0.4) is 0 Å². The molecule has 5 nitrogen and oxygen atoms in total. The molecule has 0 aliphatic carbocycles. The van der Waals surface area contributed by atoms with E-state index in [-0.39, 0.29) is 18.6 Å². The molecular formula is C16H18N2O3. The van der Waals surface area contributed by atoms with E-state index in [0.29, 0.717) is 17.1 Å². The number of rotatable bonds is 5. The van der Waals surface area contributed by atoms with Gasteiger partial charge in [0, 0.05) is 24.0 Å². The van der Waals surface area contributed by atoms with Crippen LogP contribution in [0.25, 0.3) is 0 Å². The average Bonchev–Trinajstić information content (AvgIpc) is 2.50. The highest BCUT2D eigenvalue weighted by Gasteiger charge is 2.11. The summed E-state index contributed by atoms with van der Waals surface area (Å²) >= 11 is 0. The molecule has 1 aromatic heterocycles. The van der Waals surface area contributed by atoms with Crippen LogP contribution in [0.15, 0.2) is 42.7 Å². The molecule has 1 unspecified atom stereocenters. The zero-order valence-corrected chi connectivity index (χ0v) is 12.0. The normalized spacial score (nSPS) is 11.8. The highest BCUT2D eigenvalue weighted by molar-refractivity contribution is 5.94. The van der Waals surface area contributed by atoms with E-state index in [0.717, 1.165) is 5.56 Å². The molecule has 2 aromatic rings. The van der Waals surface area contributed by atoms with Gasteiger partial charge in [0.25, 0.3) is 5.91 Å². The number of hydrogen-bond acceptors (Lipinski definition) is 4. The standard InChI is InChI=1S/C16H18N2O3/c1-11-3-4-13(16(20)18-12(2)10-19)9-15(11)21-14-5-7-17-8-6-14/h3-9,12,19H,10H2,1-2H3,(H,18,20). The van der Waals surface area contributed by atoms with Gasteiger partial charge in [-0.1, -0.05) is 6.07 Å². The van der Waals surface area contributed by atoms with Gasteiger partial charge < -0.3 is 15.2 Å². The molecule has 0 aliphatic rings. The fourth-order valence-corrected chi connectivity index (χ4v) is 1.74. The summed E-state index contributed by atoms with van der Waals surface area (Å²) in [6, 6.07) is 8.46. The molecule has 0 spiro atoms. The number of ether oxygens (including phenoxy) is 1. The number of benzene rings is 1. The van der Waals surface area contributed by atoms with Crippen molar-refractivity contribution in [3.8, 4) is 11.5 Å². The predicted octanol–water partition coefficient (Wildman–Crippen LogP) is 2.29. The number of carbonyl (C=O) groups excluding carboxylic acids is 1. The summed E-state index contributed by atoms with van der Waals surface area (Å²) in [6.07, 6.45) is 3.29. The van der Waals surface area contributed by atoms with Gasteiger partial charge in [0.2, 0.25) is 0 Å². The molecule has 0 fully saturated rings. The van der Waals surface area contributed by atoms with Gasteiger partial charge >= 0.3 is 0 Å². The summed E-state index contributed by atoms with van der Waals surface area (Å²) in [7, 11) is 0. The van der Waals surface area contributed by atoms with E-state index in [1.165, 1.54) is 0 Å². The van der Waals surface area contributed by atoms with Crippen LogP contribution in [0.5, 0.6) is 11.5 Å². The number of aryl methyl sites for hydroxylation is 1. The molecule has 0 radical (unpaired) electrons. The number of amides is 1. The Bertz CT molecular complexity index is 614. The van der Waals surface area contributed by atoms with Crippen molar-refractivity contribution in [3.05, 3.63) is 53.9 Å². The molecule has 2 N–H and O–H groups in total. The Morgan fingerprint density at radius 1 is 1.33 bits per heavy atom. The zero-order chi connectivity index (χ0) is 15.2. The SMILES string of the molecule is Cc1ccc(C(=O)NC(C)CO)cc1Oc1ccncc1. The number of aliphatic hydroxyl groups is 1. The lowest BCUT2D eigenvalue weighted by Crippen LogP contribution is -2.34. The summed E-state index contributed by atoms with van der Waals surface area (Å²) in [5.74, 6) is 1.04. The quantitative estimate of drug-likeness (QED) is 0.884. The van der Waals surface area contributed by atoms with Crippen LogP contribution >= 0.6 is 0 Å². The molecular weight excluding hydrogens is 268 g/mol. The number of hydrogen-bond donors (Lipinski definition) is 2. The van der Waals surface area contributed by atoms with Crippen molar-refractivity contribution in [2.75, 3.05) is 6.61 Å². The summed E-state index contributed by atoms with van der Waals surface area (Å²) in [6.45, 7) is 3.55. The minimum absolute atomic E-state index is 0.0992. The lowest BCUT2D eigenvalue weighted by Gasteiger charge is -2.13. The van der Waals surface area contributed by atoms with Gasteiger partial charge in [-0.05, 0) is 43.7 Å². The van der Waals surface area contributed by atoms with Crippen LogP contribution < -0.4 is 10.1 Å². The first kappa shape index (κ1) is 15.0. The van der Waals surface area contributed by atoms with Gasteiger partial charge in [0.15, 0.2) is 0 Å². The monoisotopic (exact) mass is 286 g/mol. The van der Waals surface area contributed by atoms with Crippen molar-refractivity contribution in [2.24, 2.45) is 0 Å². The molecule has 1 aromatic carbocycles. The van der Waals surface area contributed by atoms with E-state index < -0.39 is 0 Å². The molecule has 1 atom stereocenters. The number of aliphatic hydroxyl groups excluding tert-OH is 1. The second-order valence-electron chi connectivity index (χ2n) is 4.82. The van der Waals surface area contributed by atoms with Crippen LogP contribution in [0.1, 0.15) is 22.8 Å². The largest absolute Gasteiger partial charge is 0.457 e. The van der Waals surface area contributed by atoms with E-state index in [9.17, 15) is 4.79 Å². The van der Waals surface area contributed by atoms with Crippen molar-refractivity contribution >= 4 is 5.91 Å². The molecule has 0 saturated heterocycles. The van der Waals surface area contributed by atoms with E-state index in [1.807, 2.05) is 13.0 Å². The Labute approximate surface area is 123 Å². The first-order valence-corrected chi connectivity index (χ1v) is 6.70. The first-order chi connectivity index (χ1) is 10.1. The predicted molar refractivity (Wildman–Crippen MR) is 79.5 cm³/mol. The average molecular weight is 286 g/mol. The van der Waals surface area contributed by atoms with E-state index >= 15 is 0 Å². The Balaban J connectivity index is 2.19. The maximum Gasteiger partial charge on any atom is 0.251 e. The van der Waals surface area contributed by atoms with Crippen molar-refractivity contribution in [1.29, 1.82) is 0 Å².